The summed E-state index contributed by atoms with van der Waals surface area (Å²) in [5.41, 5.74) is 0.637. The third-order valence-corrected chi connectivity index (χ3v) is 3.33. The second-order valence-electron chi connectivity index (χ2n) is 7.78. The number of hydrogen-bond acceptors (Lipinski definition) is 4. The molecule has 0 saturated carbocycles. The van der Waals surface area contributed by atoms with Crippen LogP contribution in [0.1, 0.15) is 59.0 Å². The minimum atomic E-state index is -0.613. The molecule has 0 aliphatic heterocycles. The van der Waals surface area contributed by atoms with Gasteiger partial charge in [0, 0.05) is 12.2 Å². The Morgan fingerprint density at radius 3 is 2.29 bits per heavy atom. The molecule has 0 saturated heterocycles. The number of carbonyl (C=O) groups is 2. The molecule has 0 aliphatic carbocycles. The Balaban J connectivity index is 2.61. The molecule has 136 valence electrons. The highest BCUT2D eigenvalue weighted by Crippen LogP contribution is 2.13. The first-order chi connectivity index (χ1) is 10.8. The predicted molar refractivity (Wildman–Crippen MR) is 92.9 cm³/mol. The fraction of sp³-hybridized carbons (Fsp3) is 0.706. The van der Waals surface area contributed by atoms with Gasteiger partial charge in [-0.25, -0.2) is 4.79 Å². The van der Waals surface area contributed by atoms with Crippen LogP contribution in [-0.4, -0.2) is 39.5 Å². The quantitative estimate of drug-likeness (QED) is 0.864. The molecule has 0 bridgehead atoms. The number of ether oxygens (including phenoxy) is 1. The fourth-order valence-corrected chi connectivity index (χ4v) is 2.24. The van der Waals surface area contributed by atoms with Crippen LogP contribution in [0.4, 0.5) is 4.79 Å². The van der Waals surface area contributed by atoms with Crippen molar-refractivity contribution in [1.82, 2.24) is 20.4 Å². The lowest BCUT2D eigenvalue weighted by atomic mass is 10.1. The van der Waals surface area contributed by atoms with E-state index in [1.54, 1.807) is 32.4 Å². The SMILES string of the molecule is Cc1cc(C)n(C(C)C(=O)NC(C)(C)CNC(=O)OC(C)(C)C)n1. The van der Waals surface area contributed by atoms with E-state index >= 15 is 0 Å². The van der Waals surface area contributed by atoms with Crippen molar-refractivity contribution in [2.75, 3.05) is 6.54 Å². The van der Waals surface area contributed by atoms with Gasteiger partial charge in [0.15, 0.2) is 0 Å². The van der Waals surface area contributed by atoms with Gasteiger partial charge >= 0.3 is 6.09 Å². The molecule has 2 N–H and O–H groups in total. The molecular weight excluding hydrogens is 308 g/mol. The summed E-state index contributed by atoms with van der Waals surface area (Å²) in [5.74, 6) is -0.155. The molecule has 0 spiro atoms. The Hall–Kier alpha value is -2.05. The number of nitrogens with zero attached hydrogens (tertiary/aromatic N) is 2. The summed E-state index contributed by atoms with van der Waals surface area (Å²) in [6.07, 6.45) is -0.503. The van der Waals surface area contributed by atoms with Crippen molar-refractivity contribution in [3.8, 4) is 0 Å². The van der Waals surface area contributed by atoms with Crippen LogP contribution in [0.5, 0.6) is 0 Å². The van der Waals surface area contributed by atoms with E-state index in [0.29, 0.717) is 0 Å². The molecule has 0 fully saturated rings. The minimum absolute atomic E-state index is 0.155. The fourth-order valence-electron chi connectivity index (χ4n) is 2.24. The summed E-state index contributed by atoms with van der Waals surface area (Å²) < 4.78 is 6.89. The average Bonchev–Trinajstić information content (AvgIpc) is 2.72. The first kappa shape index (κ1) is 20.0. The molecule has 1 atom stereocenters. The molecule has 7 heteroatoms. The summed E-state index contributed by atoms with van der Waals surface area (Å²) in [7, 11) is 0. The Labute approximate surface area is 144 Å². The van der Waals surface area contributed by atoms with Crippen molar-refractivity contribution >= 4 is 12.0 Å². The van der Waals surface area contributed by atoms with E-state index in [1.165, 1.54) is 0 Å². The van der Waals surface area contributed by atoms with Crippen LogP contribution in [0.3, 0.4) is 0 Å². The maximum absolute atomic E-state index is 12.5. The molecule has 1 unspecified atom stereocenters. The van der Waals surface area contributed by atoms with Crippen molar-refractivity contribution in [3.05, 3.63) is 17.5 Å². The Morgan fingerprint density at radius 1 is 1.25 bits per heavy atom. The van der Waals surface area contributed by atoms with Crippen LogP contribution in [0.2, 0.25) is 0 Å². The number of nitrogens with one attached hydrogen (secondary N) is 2. The summed E-state index contributed by atoms with van der Waals surface area (Å²) >= 11 is 0. The van der Waals surface area contributed by atoms with Crippen molar-refractivity contribution in [3.63, 3.8) is 0 Å². The molecule has 1 rings (SSSR count). The summed E-state index contributed by atoms with van der Waals surface area (Å²) in [6.45, 7) is 15.0. The zero-order valence-electron chi connectivity index (χ0n) is 16.0. The van der Waals surface area contributed by atoms with Crippen molar-refractivity contribution in [1.29, 1.82) is 0 Å². The summed E-state index contributed by atoms with van der Waals surface area (Å²) in [5, 5.41) is 9.96. The molecule has 0 radical (unpaired) electrons. The van der Waals surface area contributed by atoms with E-state index in [1.807, 2.05) is 33.8 Å². The monoisotopic (exact) mass is 338 g/mol. The van der Waals surface area contributed by atoms with Gasteiger partial charge in [-0.3, -0.25) is 9.48 Å². The largest absolute Gasteiger partial charge is 0.444 e. The number of alkyl carbamates (subject to hydrolysis) is 1. The van der Waals surface area contributed by atoms with Crippen LogP contribution in [-0.2, 0) is 9.53 Å². The van der Waals surface area contributed by atoms with Gasteiger partial charge in [0.25, 0.3) is 0 Å². The van der Waals surface area contributed by atoms with Gasteiger partial charge in [0.05, 0.1) is 11.2 Å². The standard InChI is InChI=1S/C17H30N4O3/c1-11-9-12(2)21(20-11)13(3)14(22)19-17(7,8)10-18-15(23)24-16(4,5)6/h9,13H,10H2,1-8H3,(H,18,23)(H,19,22). The number of amides is 2. The topological polar surface area (TPSA) is 85.2 Å². The van der Waals surface area contributed by atoms with E-state index < -0.39 is 23.3 Å². The zero-order chi connectivity index (χ0) is 18.7. The molecule has 1 heterocycles. The molecule has 24 heavy (non-hydrogen) atoms. The molecule has 1 aromatic rings. The van der Waals surface area contributed by atoms with Gasteiger partial charge in [-0.2, -0.15) is 5.10 Å². The predicted octanol–water partition coefficient (Wildman–Crippen LogP) is 2.48. The molecule has 1 aromatic heterocycles. The van der Waals surface area contributed by atoms with E-state index in [2.05, 4.69) is 15.7 Å². The van der Waals surface area contributed by atoms with Gasteiger partial charge in [-0.15, -0.1) is 0 Å². The Bertz CT molecular complexity index is 599. The number of aryl methyl sites for hydroxylation is 2. The molecule has 0 aromatic carbocycles. The lowest BCUT2D eigenvalue weighted by Gasteiger charge is -2.29. The minimum Gasteiger partial charge on any atom is -0.444 e. The number of carbonyl (C=O) groups excluding carboxylic acids is 2. The molecule has 2 amide bonds. The van der Waals surface area contributed by atoms with Gasteiger partial charge in [0.2, 0.25) is 5.91 Å². The average molecular weight is 338 g/mol. The van der Waals surface area contributed by atoms with Crippen LogP contribution < -0.4 is 10.6 Å². The summed E-state index contributed by atoms with van der Waals surface area (Å²) in [4.78, 5) is 24.2. The maximum atomic E-state index is 12.5. The lowest BCUT2D eigenvalue weighted by molar-refractivity contribution is -0.125. The van der Waals surface area contributed by atoms with E-state index in [-0.39, 0.29) is 12.5 Å². The molecule has 0 aliphatic rings. The lowest BCUT2D eigenvalue weighted by Crippen LogP contribution is -2.53. The van der Waals surface area contributed by atoms with Crippen LogP contribution in [0.15, 0.2) is 6.07 Å². The Kier molecular flexibility index (Phi) is 6.03. The second kappa shape index (κ2) is 7.23. The van der Waals surface area contributed by atoms with E-state index in [0.717, 1.165) is 11.4 Å². The summed E-state index contributed by atoms with van der Waals surface area (Å²) in [6, 6.07) is 1.50. The normalized spacial score (nSPS) is 13.3. The highest BCUT2D eigenvalue weighted by Gasteiger charge is 2.27. The molecular formula is C17H30N4O3. The number of hydrogen-bond donors (Lipinski definition) is 2. The maximum Gasteiger partial charge on any atom is 0.407 e. The third-order valence-electron chi connectivity index (χ3n) is 3.33. The van der Waals surface area contributed by atoms with Crippen molar-refractivity contribution in [2.45, 2.75) is 72.6 Å². The van der Waals surface area contributed by atoms with Gasteiger partial charge in [-0.1, -0.05) is 0 Å². The van der Waals surface area contributed by atoms with E-state index in [9.17, 15) is 9.59 Å². The zero-order valence-corrected chi connectivity index (χ0v) is 16.0. The smallest absolute Gasteiger partial charge is 0.407 e. The second-order valence-corrected chi connectivity index (χ2v) is 7.78. The first-order valence-electron chi connectivity index (χ1n) is 8.12. The van der Waals surface area contributed by atoms with Crippen LogP contribution >= 0.6 is 0 Å². The third kappa shape index (κ3) is 6.22. The van der Waals surface area contributed by atoms with E-state index in [4.69, 9.17) is 4.74 Å². The van der Waals surface area contributed by atoms with Gasteiger partial charge in [0.1, 0.15) is 11.6 Å². The molecule has 7 nitrogen and oxygen atoms in total. The Morgan fingerprint density at radius 2 is 1.83 bits per heavy atom. The number of rotatable bonds is 5. The highest BCUT2D eigenvalue weighted by molar-refractivity contribution is 5.80. The van der Waals surface area contributed by atoms with Crippen LogP contribution in [0.25, 0.3) is 0 Å². The van der Waals surface area contributed by atoms with Crippen molar-refractivity contribution in [2.24, 2.45) is 0 Å². The highest BCUT2D eigenvalue weighted by atomic mass is 16.6. The first-order valence-corrected chi connectivity index (χ1v) is 8.12. The van der Waals surface area contributed by atoms with Crippen LogP contribution in [0, 0.1) is 13.8 Å². The number of aromatic nitrogens is 2. The van der Waals surface area contributed by atoms with Gasteiger partial charge in [-0.05, 0) is 61.5 Å². The van der Waals surface area contributed by atoms with Crippen molar-refractivity contribution < 1.29 is 14.3 Å². The van der Waals surface area contributed by atoms with Gasteiger partial charge < -0.3 is 15.4 Å².